The Morgan fingerprint density at radius 3 is 2.41 bits per heavy atom. The van der Waals surface area contributed by atoms with Gasteiger partial charge in [0, 0.05) is 37.6 Å². The lowest BCUT2D eigenvalue weighted by atomic mass is 10.1. The van der Waals surface area contributed by atoms with Crippen LogP contribution in [-0.2, 0) is 14.3 Å². The van der Waals surface area contributed by atoms with Crippen LogP contribution < -0.4 is 10.1 Å². The lowest BCUT2D eigenvalue weighted by molar-refractivity contribution is -0.145. The SMILES string of the molecule is CCOC(=O)N1CCN(C(=O)CNC(=O)c2cc(OC(CC)C(=O)O)c3ccccc3n2)CC1. The van der Waals surface area contributed by atoms with Gasteiger partial charge < -0.3 is 29.7 Å². The smallest absolute Gasteiger partial charge is 0.409 e. The second kappa shape index (κ2) is 11.3. The number of carboxylic acids is 1. The lowest BCUT2D eigenvalue weighted by Crippen LogP contribution is -2.52. The van der Waals surface area contributed by atoms with Crippen molar-refractivity contribution >= 4 is 34.8 Å². The zero-order valence-electron chi connectivity index (χ0n) is 19.2. The topological polar surface area (TPSA) is 138 Å². The molecule has 2 N–H and O–H groups in total. The number of nitrogens with one attached hydrogen (secondary N) is 1. The normalized spacial score (nSPS) is 14.4. The summed E-state index contributed by atoms with van der Waals surface area (Å²) in [7, 11) is 0. The van der Waals surface area contributed by atoms with E-state index < -0.39 is 24.1 Å². The zero-order valence-corrected chi connectivity index (χ0v) is 19.2. The number of amides is 3. The predicted molar refractivity (Wildman–Crippen MR) is 122 cm³/mol. The van der Waals surface area contributed by atoms with Crippen LogP contribution in [0.15, 0.2) is 30.3 Å². The third kappa shape index (κ3) is 5.91. The van der Waals surface area contributed by atoms with Gasteiger partial charge in [0.15, 0.2) is 6.10 Å². The van der Waals surface area contributed by atoms with Crippen molar-refractivity contribution in [2.45, 2.75) is 26.4 Å². The Labute approximate surface area is 196 Å². The molecule has 1 fully saturated rings. The van der Waals surface area contributed by atoms with Gasteiger partial charge in [0.1, 0.15) is 11.4 Å². The first-order valence-corrected chi connectivity index (χ1v) is 11.1. The molecule has 0 spiro atoms. The fourth-order valence-electron chi connectivity index (χ4n) is 3.53. The molecule has 0 saturated carbocycles. The molecule has 34 heavy (non-hydrogen) atoms. The Bertz CT molecular complexity index is 1070. The van der Waals surface area contributed by atoms with E-state index in [4.69, 9.17) is 9.47 Å². The highest BCUT2D eigenvalue weighted by Gasteiger charge is 2.25. The van der Waals surface area contributed by atoms with Gasteiger partial charge in [-0.1, -0.05) is 19.1 Å². The van der Waals surface area contributed by atoms with Crippen molar-refractivity contribution in [2.75, 3.05) is 39.3 Å². The van der Waals surface area contributed by atoms with Crippen LogP contribution in [0.2, 0.25) is 0 Å². The van der Waals surface area contributed by atoms with E-state index in [-0.39, 0.29) is 36.9 Å². The summed E-state index contributed by atoms with van der Waals surface area (Å²) in [5.74, 6) is -1.75. The average molecular weight is 472 g/mol. The molecule has 182 valence electrons. The van der Waals surface area contributed by atoms with E-state index in [0.29, 0.717) is 37.1 Å². The fourth-order valence-corrected chi connectivity index (χ4v) is 3.53. The molecular weight excluding hydrogens is 444 g/mol. The Morgan fingerprint density at radius 1 is 1.09 bits per heavy atom. The number of hydrogen-bond acceptors (Lipinski definition) is 7. The monoisotopic (exact) mass is 472 g/mol. The summed E-state index contributed by atoms with van der Waals surface area (Å²) < 4.78 is 10.6. The van der Waals surface area contributed by atoms with Crippen molar-refractivity contribution in [3.8, 4) is 5.75 Å². The number of fused-ring (bicyclic) bond motifs is 1. The van der Waals surface area contributed by atoms with E-state index in [1.54, 1.807) is 43.0 Å². The molecule has 3 amide bonds. The Morgan fingerprint density at radius 2 is 1.76 bits per heavy atom. The minimum absolute atomic E-state index is 0.00822. The molecule has 0 radical (unpaired) electrons. The number of benzene rings is 1. The van der Waals surface area contributed by atoms with Gasteiger partial charge in [0.25, 0.3) is 5.91 Å². The Hall–Kier alpha value is -3.89. The highest BCUT2D eigenvalue weighted by atomic mass is 16.6. The molecule has 3 rings (SSSR count). The first-order chi connectivity index (χ1) is 16.3. The molecule has 1 aromatic heterocycles. The molecule has 1 saturated heterocycles. The number of hydrogen-bond donors (Lipinski definition) is 2. The minimum Gasteiger partial charge on any atom is -0.479 e. The number of carboxylic acid groups (broad SMARTS) is 1. The largest absolute Gasteiger partial charge is 0.479 e. The standard InChI is InChI=1S/C23H28N4O7/c1-3-18(22(30)31)34-19-13-17(25-16-8-6-5-7-15(16)19)21(29)24-14-20(28)26-9-11-27(12-10-26)23(32)33-4-2/h5-8,13,18H,3-4,9-12,14H2,1-2H3,(H,24,29)(H,30,31). The summed E-state index contributed by atoms with van der Waals surface area (Å²) in [5.41, 5.74) is 0.473. The molecule has 11 heteroatoms. The maximum atomic E-state index is 12.7. The minimum atomic E-state index is -1.11. The summed E-state index contributed by atoms with van der Waals surface area (Å²) in [4.78, 5) is 55.9. The first kappa shape index (κ1) is 24.7. The number of pyridine rings is 1. The number of aliphatic carboxylic acids is 1. The van der Waals surface area contributed by atoms with Crippen molar-refractivity contribution in [3.63, 3.8) is 0 Å². The van der Waals surface area contributed by atoms with Crippen LogP contribution in [0.4, 0.5) is 4.79 Å². The summed E-state index contributed by atoms with van der Waals surface area (Å²) in [6.07, 6.45) is -1.24. The van der Waals surface area contributed by atoms with Gasteiger partial charge in [-0.3, -0.25) is 9.59 Å². The predicted octanol–water partition coefficient (Wildman–Crippen LogP) is 1.51. The second-order valence-electron chi connectivity index (χ2n) is 7.63. The highest BCUT2D eigenvalue weighted by molar-refractivity contribution is 5.98. The van der Waals surface area contributed by atoms with Crippen LogP contribution in [0.3, 0.4) is 0 Å². The molecule has 0 bridgehead atoms. The molecule has 0 aliphatic carbocycles. The van der Waals surface area contributed by atoms with Crippen LogP contribution >= 0.6 is 0 Å². The Kier molecular flexibility index (Phi) is 8.23. The number of piperazine rings is 1. The van der Waals surface area contributed by atoms with E-state index in [1.165, 1.54) is 11.0 Å². The van der Waals surface area contributed by atoms with Crippen LogP contribution in [0, 0.1) is 0 Å². The fraction of sp³-hybridized carbons (Fsp3) is 0.435. The quantitative estimate of drug-likeness (QED) is 0.590. The van der Waals surface area contributed by atoms with Gasteiger partial charge in [-0.25, -0.2) is 14.6 Å². The third-order valence-corrected chi connectivity index (χ3v) is 5.38. The lowest BCUT2D eigenvalue weighted by Gasteiger charge is -2.34. The molecular formula is C23H28N4O7. The average Bonchev–Trinajstić information content (AvgIpc) is 2.85. The maximum absolute atomic E-state index is 12.7. The second-order valence-corrected chi connectivity index (χ2v) is 7.63. The van der Waals surface area contributed by atoms with E-state index in [1.807, 2.05) is 0 Å². The Balaban J connectivity index is 1.65. The molecule has 1 aromatic carbocycles. The number of para-hydroxylation sites is 1. The molecule has 1 aliphatic rings. The van der Waals surface area contributed by atoms with E-state index in [9.17, 15) is 24.3 Å². The molecule has 1 aliphatic heterocycles. The summed E-state index contributed by atoms with van der Waals surface area (Å²) in [6.45, 7) is 4.86. The zero-order chi connectivity index (χ0) is 24.7. The molecule has 2 aromatic rings. The molecule has 11 nitrogen and oxygen atoms in total. The van der Waals surface area contributed by atoms with Gasteiger partial charge in [-0.2, -0.15) is 0 Å². The van der Waals surface area contributed by atoms with Crippen LogP contribution in [0.1, 0.15) is 30.8 Å². The van der Waals surface area contributed by atoms with Crippen LogP contribution in [-0.4, -0.2) is 89.2 Å². The van der Waals surface area contributed by atoms with Crippen LogP contribution in [0.25, 0.3) is 10.9 Å². The summed E-state index contributed by atoms with van der Waals surface area (Å²) in [5, 5.41) is 12.5. The summed E-state index contributed by atoms with van der Waals surface area (Å²) >= 11 is 0. The van der Waals surface area contributed by atoms with E-state index in [2.05, 4.69) is 10.3 Å². The summed E-state index contributed by atoms with van der Waals surface area (Å²) in [6, 6.07) is 8.31. The molecule has 1 unspecified atom stereocenters. The number of rotatable bonds is 8. The van der Waals surface area contributed by atoms with Crippen molar-refractivity contribution in [1.29, 1.82) is 0 Å². The van der Waals surface area contributed by atoms with Crippen molar-refractivity contribution in [3.05, 3.63) is 36.0 Å². The number of aromatic nitrogens is 1. The van der Waals surface area contributed by atoms with Crippen molar-refractivity contribution < 1.29 is 33.8 Å². The van der Waals surface area contributed by atoms with Crippen molar-refractivity contribution in [1.82, 2.24) is 20.1 Å². The third-order valence-electron chi connectivity index (χ3n) is 5.38. The van der Waals surface area contributed by atoms with E-state index in [0.717, 1.165) is 0 Å². The van der Waals surface area contributed by atoms with Gasteiger partial charge in [-0.15, -0.1) is 0 Å². The maximum Gasteiger partial charge on any atom is 0.409 e. The highest BCUT2D eigenvalue weighted by Crippen LogP contribution is 2.27. The first-order valence-electron chi connectivity index (χ1n) is 11.1. The number of nitrogens with zero attached hydrogens (tertiary/aromatic N) is 3. The number of carbonyl (C=O) groups excluding carboxylic acids is 3. The van der Waals surface area contributed by atoms with E-state index >= 15 is 0 Å². The molecule has 2 heterocycles. The van der Waals surface area contributed by atoms with Gasteiger partial charge >= 0.3 is 12.1 Å². The number of carbonyl (C=O) groups is 4. The van der Waals surface area contributed by atoms with Gasteiger partial charge in [-0.05, 0) is 25.5 Å². The van der Waals surface area contributed by atoms with Gasteiger partial charge in [0.2, 0.25) is 5.91 Å². The number of ether oxygens (including phenoxy) is 2. The van der Waals surface area contributed by atoms with Crippen molar-refractivity contribution in [2.24, 2.45) is 0 Å². The van der Waals surface area contributed by atoms with Crippen LogP contribution in [0.5, 0.6) is 5.75 Å². The molecule has 1 atom stereocenters. The van der Waals surface area contributed by atoms with Gasteiger partial charge in [0.05, 0.1) is 18.7 Å².